The van der Waals surface area contributed by atoms with E-state index in [2.05, 4.69) is 12.6 Å². The molecule has 19 heavy (non-hydrogen) atoms. The summed E-state index contributed by atoms with van der Waals surface area (Å²) < 4.78 is 0. The van der Waals surface area contributed by atoms with Crippen LogP contribution in [0.4, 0.5) is 0 Å². The van der Waals surface area contributed by atoms with E-state index in [1.54, 1.807) is 11.1 Å². The molecule has 0 radical (unpaired) electrons. The Morgan fingerprint density at radius 1 is 1.53 bits per heavy atom. The van der Waals surface area contributed by atoms with Crippen molar-refractivity contribution < 1.29 is 9.94 Å². The Morgan fingerprint density at radius 3 is 2.89 bits per heavy atom. The standard InChI is InChI=1S/C15H22N2O2/c1-11-7-14(9-15(18)8-11)4-3-13-5-6-17(12(2)16)19-10-13/h7-9,13,18H,2-6,10,16H2,1H3. The summed E-state index contributed by atoms with van der Waals surface area (Å²) in [6.45, 7) is 7.16. The molecule has 1 saturated heterocycles. The Labute approximate surface area is 114 Å². The van der Waals surface area contributed by atoms with Crippen molar-refractivity contribution in [2.24, 2.45) is 11.7 Å². The Hall–Kier alpha value is -1.68. The van der Waals surface area contributed by atoms with Crippen molar-refractivity contribution in [3.63, 3.8) is 0 Å². The molecule has 0 aliphatic carbocycles. The SMILES string of the molecule is C=C(N)N1CCC(CCc2cc(C)cc(O)c2)CO1. The van der Waals surface area contributed by atoms with Gasteiger partial charge in [-0.25, -0.2) is 5.06 Å². The van der Waals surface area contributed by atoms with Crippen LogP contribution >= 0.6 is 0 Å². The van der Waals surface area contributed by atoms with Gasteiger partial charge >= 0.3 is 0 Å². The van der Waals surface area contributed by atoms with Gasteiger partial charge in [-0.3, -0.25) is 4.84 Å². The first-order valence-electron chi connectivity index (χ1n) is 6.69. The van der Waals surface area contributed by atoms with Crippen LogP contribution in [0.25, 0.3) is 0 Å². The molecule has 1 heterocycles. The zero-order valence-corrected chi connectivity index (χ0v) is 11.4. The van der Waals surface area contributed by atoms with Gasteiger partial charge in [0.25, 0.3) is 0 Å². The van der Waals surface area contributed by atoms with Crippen LogP contribution in [0.1, 0.15) is 24.0 Å². The molecule has 0 amide bonds. The highest BCUT2D eigenvalue weighted by atomic mass is 16.7. The van der Waals surface area contributed by atoms with E-state index in [-0.39, 0.29) is 0 Å². The summed E-state index contributed by atoms with van der Waals surface area (Å²) in [4.78, 5) is 5.55. The van der Waals surface area contributed by atoms with Gasteiger partial charge in [0.15, 0.2) is 0 Å². The second kappa shape index (κ2) is 5.97. The van der Waals surface area contributed by atoms with Gasteiger partial charge in [-0.1, -0.05) is 12.6 Å². The molecule has 104 valence electrons. The van der Waals surface area contributed by atoms with Crippen molar-refractivity contribution in [2.45, 2.75) is 26.2 Å². The van der Waals surface area contributed by atoms with Crippen molar-refractivity contribution >= 4 is 0 Å². The van der Waals surface area contributed by atoms with Crippen molar-refractivity contribution in [2.75, 3.05) is 13.2 Å². The Kier molecular flexibility index (Phi) is 4.32. The largest absolute Gasteiger partial charge is 0.508 e. The topological polar surface area (TPSA) is 58.7 Å². The molecule has 0 aromatic heterocycles. The zero-order chi connectivity index (χ0) is 13.8. The van der Waals surface area contributed by atoms with Crippen LogP contribution in [-0.2, 0) is 11.3 Å². The third kappa shape index (κ3) is 3.89. The maximum absolute atomic E-state index is 9.57. The fourth-order valence-electron chi connectivity index (χ4n) is 2.45. The molecular formula is C15H22N2O2. The van der Waals surface area contributed by atoms with Crippen LogP contribution in [0, 0.1) is 12.8 Å². The van der Waals surface area contributed by atoms with Crippen molar-refractivity contribution in [3.05, 3.63) is 41.7 Å². The summed E-state index contributed by atoms with van der Waals surface area (Å²) in [6, 6.07) is 5.74. The van der Waals surface area contributed by atoms with E-state index in [1.165, 1.54) is 5.56 Å². The lowest BCUT2D eigenvalue weighted by Crippen LogP contribution is -2.36. The summed E-state index contributed by atoms with van der Waals surface area (Å²) in [5, 5.41) is 11.2. The first-order valence-corrected chi connectivity index (χ1v) is 6.69. The first-order chi connectivity index (χ1) is 9.04. The number of phenolic OH excluding ortho intramolecular Hbond substituents is 1. The van der Waals surface area contributed by atoms with Crippen LogP contribution in [0.15, 0.2) is 30.6 Å². The van der Waals surface area contributed by atoms with Crippen LogP contribution in [0.3, 0.4) is 0 Å². The molecule has 1 aromatic carbocycles. The van der Waals surface area contributed by atoms with E-state index >= 15 is 0 Å². The summed E-state index contributed by atoms with van der Waals surface area (Å²) in [5.41, 5.74) is 7.87. The van der Waals surface area contributed by atoms with E-state index in [1.807, 2.05) is 13.0 Å². The summed E-state index contributed by atoms with van der Waals surface area (Å²) in [5.74, 6) is 1.36. The van der Waals surface area contributed by atoms with Gasteiger partial charge in [-0.15, -0.1) is 0 Å². The molecule has 1 aromatic rings. The minimum atomic E-state index is 0.348. The number of aromatic hydroxyl groups is 1. The second-order valence-electron chi connectivity index (χ2n) is 5.26. The molecule has 1 aliphatic heterocycles. The highest BCUT2D eigenvalue weighted by Gasteiger charge is 2.20. The number of benzene rings is 1. The van der Waals surface area contributed by atoms with Crippen molar-refractivity contribution in [1.82, 2.24) is 5.06 Å². The van der Waals surface area contributed by atoms with Gasteiger partial charge in [0.05, 0.1) is 6.61 Å². The molecule has 1 aliphatic rings. The monoisotopic (exact) mass is 262 g/mol. The van der Waals surface area contributed by atoms with E-state index in [4.69, 9.17) is 10.6 Å². The average Bonchev–Trinajstić information content (AvgIpc) is 2.36. The predicted molar refractivity (Wildman–Crippen MR) is 75.3 cm³/mol. The van der Waals surface area contributed by atoms with E-state index in [0.29, 0.717) is 24.1 Å². The lowest BCUT2D eigenvalue weighted by molar-refractivity contribution is -0.173. The number of phenols is 1. The molecule has 1 unspecified atom stereocenters. The van der Waals surface area contributed by atoms with E-state index < -0.39 is 0 Å². The molecule has 4 heteroatoms. The van der Waals surface area contributed by atoms with Gasteiger partial charge in [-0.2, -0.15) is 0 Å². The van der Waals surface area contributed by atoms with Gasteiger partial charge in [0.2, 0.25) is 0 Å². The zero-order valence-electron chi connectivity index (χ0n) is 11.4. The fraction of sp³-hybridized carbons (Fsp3) is 0.467. The minimum absolute atomic E-state index is 0.348. The second-order valence-corrected chi connectivity index (χ2v) is 5.26. The number of hydrogen-bond acceptors (Lipinski definition) is 4. The molecule has 0 saturated carbocycles. The Balaban J connectivity index is 1.82. The molecule has 2 rings (SSSR count). The maximum atomic E-state index is 9.57. The normalized spacial score (nSPS) is 19.4. The number of aryl methyl sites for hydroxylation is 2. The molecule has 0 spiro atoms. The molecular weight excluding hydrogens is 240 g/mol. The number of rotatable bonds is 4. The van der Waals surface area contributed by atoms with Crippen LogP contribution in [0.5, 0.6) is 5.75 Å². The van der Waals surface area contributed by atoms with Crippen LogP contribution in [-0.4, -0.2) is 23.3 Å². The highest BCUT2D eigenvalue weighted by Crippen LogP contribution is 2.22. The van der Waals surface area contributed by atoms with Crippen molar-refractivity contribution in [3.8, 4) is 5.75 Å². The molecule has 0 bridgehead atoms. The lowest BCUT2D eigenvalue weighted by Gasteiger charge is -2.32. The van der Waals surface area contributed by atoms with Gasteiger partial charge < -0.3 is 10.8 Å². The molecule has 3 N–H and O–H groups in total. The Bertz CT molecular complexity index is 431. The molecule has 4 nitrogen and oxygen atoms in total. The third-order valence-electron chi connectivity index (χ3n) is 3.49. The lowest BCUT2D eigenvalue weighted by atomic mass is 9.95. The van der Waals surface area contributed by atoms with Crippen LogP contribution < -0.4 is 5.73 Å². The van der Waals surface area contributed by atoms with Gasteiger partial charge in [0.1, 0.15) is 11.6 Å². The maximum Gasteiger partial charge on any atom is 0.116 e. The van der Waals surface area contributed by atoms with Gasteiger partial charge in [0, 0.05) is 6.54 Å². The highest BCUT2D eigenvalue weighted by molar-refractivity contribution is 5.32. The molecule has 1 fully saturated rings. The third-order valence-corrected chi connectivity index (χ3v) is 3.49. The van der Waals surface area contributed by atoms with E-state index in [0.717, 1.165) is 31.4 Å². The minimum Gasteiger partial charge on any atom is -0.508 e. The van der Waals surface area contributed by atoms with E-state index in [9.17, 15) is 5.11 Å². The fourth-order valence-corrected chi connectivity index (χ4v) is 2.45. The smallest absolute Gasteiger partial charge is 0.116 e. The number of nitrogens with zero attached hydrogens (tertiary/aromatic N) is 1. The summed E-state index contributed by atoms with van der Waals surface area (Å²) in [6.07, 6.45) is 3.09. The quantitative estimate of drug-likeness (QED) is 0.874. The number of nitrogens with two attached hydrogens (primary N) is 1. The Morgan fingerprint density at radius 2 is 2.32 bits per heavy atom. The molecule has 1 atom stereocenters. The predicted octanol–water partition coefficient (Wildman–Crippen LogP) is 2.32. The number of hydrogen-bond donors (Lipinski definition) is 2. The first kappa shape index (κ1) is 13.7. The van der Waals surface area contributed by atoms with Crippen LogP contribution in [0.2, 0.25) is 0 Å². The van der Waals surface area contributed by atoms with Crippen molar-refractivity contribution in [1.29, 1.82) is 0 Å². The summed E-state index contributed by atoms with van der Waals surface area (Å²) >= 11 is 0. The average molecular weight is 262 g/mol. The summed E-state index contributed by atoms with van der Waals surface area (Å²) in [7, 11) is 0. The van der Waals surface area contributed by atoms with Gasteiger partial charge in [-0.05, 0) is 55.4 Å². The number of hydroxylamine groups is 2.